The molecule has 108 valence electrons. The Morgan fingerprint density at radius 1 is 1.32 bits per heavy atom. The summed E-state index contributed by atoms with van der Waals surface area (Å²) >= 11 is 0. The van der Waals surface area contributed by atoms with E-state index in [4.69, 9.17) is 4.74 Å². The van der Waals surface area contributed by atoms with Gasteiger partial charge in [0.1, 0.15) is 0 Å². The van der Waals surface area contributed by atoms with E-state index in [1.807, 2.05) is 0 Å². The van der Waals surface area contributed by atoms with E-state index >= 15 is 0 Å². The van der Waals surface area contributed by atoms with Crippen LogP contribution in [0.3, 0.4) is 0 Å². The largest absolute Gasteiger partial charge is 0.416 e. The van der Waals surface area contributed by atoms with Gasteiger partial charge in [-0.15, -0.1) is 0 Å². The van der Waals surface area contributed by atoms with E-state index in [2.05, 4.69) is 4.72 Å². The number of methoxy groups -OCH3 is 1. The average Bonchev–Trinajstić information content (AvgIpc) is 2.34. The first-order valence-corrected chi connectivity index (χ1v) is 6.91. The van der Waals surface area contributed by atoms with E-state index in [9.17, 15) is 21.6 Å². The van der Waals surface area contributed by atoms with Gasteiger partial charge >= 0.3 is 6.18 Å². The van der Waals surface area contributed by atoms with Crippen molar-refractivity contribution in [2.75, 3.05) is 20.3 Å². The van der Waals surface area contributed by atoms with Crippen LogP contribution in [0.2, 0.25) is 0 Å². The highest BCUT2D eigenvalue weighted by molar-refractivity contribution is 7.89. The Morgan fingerprint density at radius 2 is 2.00 bits per heavy atom. The third kappa shape index (κ3) is 4.81. The highest BCUT2D eigenvalue weighted by Gasteiger charge is 2.31. The van der Waals surface area contributed by atoms with Crippen molar-refractivity contribution in [2.45, 2.75) is 17.5 Å². The maximum atomic E-state index is 12.5. The zero-order valence-electron chi connectivity index (χ0n) is 10.2. The lowest BCUT2D eigenvalue weighted by molar-refractivity contribution is -0.137. The Bertz CT molecular complexity index is 514. The second kappa shape index (κ2) is 6.36. The number of hydrogen-bond donors (Lipinski definition) is 1. The van der Waals surface area contributed by atoms with Crippen molar-refractivity contribution >= 4 is 10.0 Å². The maximum absolute atomic E-state index is 12.5. The van der Waals surface area contributed by atoms with Crippen molar-refractivity contribution in [2.24, 2.45) is 0 Å². The molecule has 0 aliphatic heterocycles. The summed E-state index contributed by atoms with van der Waals surface area (Å²) in [6, 6.07) is 3.61. The van der Waals surface area contributed by atoms with Crippen LogP contribution >= 0.6 is 0 Å². The van der Waals surface area contributed by atoms with Gasteiger partial charge in [-0.05, 0) is 24.6 Å². The molecule has 8 heteroatoms. The van der Waals surface area contributed by atoms with E-state index < -0.39 is 26.7 Å². The molecule has 0 radical (unpaired) electrons. The smallest absolute Gasteiger partial charge is 0.385 e. The SMILES string of the molecule is COCCCNS(=O)(=O)c1cccc(C(F)(F)F)c1. The van der Waals surface area contributed by atoms with Crippen molar-refractivity contribution in [1.29, 1.82) is 0 Å². The van der Waals surface area contributed by atoms with Crippen LogP contribution in [0.5, 0.6) is 0 Å². The van der Waals surface area contributed by atoms with Crippen LogP contribution in [-0.2, 0) is 20.9 Å². The van der Waals surface area contributed by atoms with Gasteiger partial charge in [0.15, 0.2) is 0 Å². The van der Waals surface area contributed by atoms with Crippen LogP contribution in [0.4, 0.5) is 13.2 Å². The van der Waals surface area contributed by atoms with Crippen molar-refractivity contribution in [3.05, 3.63) is 29.8 Å². The summed E-state index contributed by atoms with van der Waals surface area (Å²) < 4.78 is 67.9. The molecule has 0 atom stereocenters. The molecule has 1 rings (SSSR count). The van der Waals surface area contributed by atoms with Gasteiger partial charge in [0.25, 0.3) is 0 Å². The minimum absolute atomic E-state index is 0.104. The standard InChI is InChI=1S/C11H14F3NO3S/c1-18-7-3-6-15-19(16,17)10-5-2-4-9(8-10)11(12,13)14/h2,4-5,8,15H,3,6-7H2,1H3. The summed E-state index contributed by atoms with van der Waals surface area (Å²) in [5.74, 6) is 0. The number of benzene rings is 1. The number of hydrogen-bond acceptors (Lipinski definition) is 3. The van der Waals surface area contributed by atoms with Crippen molar-refractivity contribution in [1.82, 2.24) is 4.72 Å². The Morgan fingerprint density at radius 3 is 2.58 bits per heavy atom. The second-order valence-electron chi connectivity index (χ2n) is 3.77. The third-order valence-electron chi connectivity index (χ3n) is 2.29. The van der Waals surface area contributed by atoms with Crippen molar-refractivity contribution < 1.29 is 26.3 Å². The molecule has 4 nitrogen and oxygen atoms in total. The van der Waals surface area contributed by atoms with Crippen LogP contribution < -0.4 is 4.72 Å². The molecule has 0 fully saturated rings. The zero-order chi connectivity index (χ0) is 14.5. The monoisotopic (exact) mass is 297 g/mol. The fourth-order valence-corrected chi connectivity index (χ4v) is 2.47. The van der Waals surface area contributed by atoms with Gasteiger partial charge in [0, 0.05) is 20.3 Å². The van der Waals surface area contributed by atoms with Gasteiger partial charge in [0.2, 0.25) is 10.0 Å². The lowest BCUT2D eigenvalue weighted by Crippen LogP contribution is -2.25. The summed E-state index contributed by atoms with van der Waals surface area (Å²) in [6.45, 7) is 0.470. The van der Waals surface area contributed by atoms with Crippen LogP contribution in [0, 0.1) is 0 Å². The Labute approximate surface area is 109 Å². The van der Waals surface area contributed by atoms with Gasteiger partial charge in [-0.3, -0.25) is 0 Å². The molecule has 0 aliphatic rings. The number of ether oxygens (including phenoxy) is 1. The molecule has 1 N–H and O–H groups in total. The van der Waals surface area contributed by atoms with Gasteiger partial charge < -0.3 is 4.74 Å². The molecule has 19 heavy (non-hydrogen) atoms. The molecule has 0 heterocycles. The van der Waals surface area contributed by atoms with Gasteiger partial charge in [-0.2, -0.15) is 13.2 Å². The first-order chi connectivity index (χ1) is 8.77. The number of nitrogens with one attached hydrogen (secondary N) is 1. The minimum atomic E-state index is -4.57. The summed E-state index contributed by atoms with van der Waals surface area (Å²) in [5.41, 5.74) is -0.993. The quantitative estimate of drug-likeness (QED) is 0.817. The molecular formula is C11H14F3NO3S. The Balaban J connectivity index is 2.84. The van der Waals surface area contributed by atoms with Crippen molar-refractivity contribution in [3.63, 3.8) is 0 Å². The first kappa shape index (κ1) is 15.9. The van der Waals surface area contributed by atoms with E-state index in [1.165, 1.54) is 7.11 Å². The summed E-state index contributed by atoms with van der Waals surface area (Å²) in [4.78, 5) is -0.403. The highest BCUT2D eigenvalue weighted by Crippen LogP contribution is 2.30. The van der Waals surface area contributed by atoms with E-state index in [0.717, 1.165) is 18.2 Å². The molecule has 1 aromatic rings. The fourth-order valence-electron chi connectivity index (χ4n) is 1.35. The van der Waals surface area contributed by atoms with E-state index in [-0.39, 0.29) is 6.54 Å². The highest BCUT2D eigenvalue weighted by atomic mass is 32.2. The van der Waals surface area contributed by atoms with Crippen LogP contribution in [0.15, 0.2) is 29.2 Å². The van der Waals surface area contributed by atoms with Crippen molar-refractivity contribution in [3.8, 4) is 0 Å². The molecule has 0 amide bonds. The minimum Gasteiger partial charge on any atom is -0.385 e. The first-order valence-electron chi connectivity index (χ1n) is 5.43. The number of rotatable bonds is 6. The predicted molar refractivity (Wildman–Crippen MR) is 63.1 cm³/mol. The van der Waals surface area contributed by atoms with E-state index in [1.54, 1.807) is 0 Å². The number of sulfonamides is 1. The van der Waals surface area contributed by atoms with Crippen LogP contribution in [0.1, 0.15) is 12.0 Å². The Hall–Kier alpha value is -1.12. The second-order valence-corrected chi connectivity index (χ2v) is 5.54. The van der Waals surface area contributed by atoms with Crippen LogP contribution in [-0.4, -0.2) is 28.7 Å². The molecule has 0 aliphatic carbocycles. The summed E-state index contributed by atoms with van der Waals surface area (Å²) in [6.07, 6.45) is -4.13. The molecule has 0 spiro atoms. The van der Waals surface area contributed by atoms with E-state index in [0.29, 0.717) is 19.1 Å². The lowest BCUT2D eigenvalue weighted by atomic mass is 10.2. The summed E-state index contributed by atoms with van der Waals surface area (Å²) in [7, 11) is -2.46. The summed E-state index contributed by atoms with van der Waals surface area (Å²) in [5, 5.41) is 0. The molecule has 0 aromatic heterocycles. The topological polar surface area (TPSA) is 55.4 Å². The third-order valence-corrected chi connectivity index (χ3v) is 3.75. The average molecular weight is 297 g/mol. The maximum Gasteiger partial charge on any atom is 0.416 e. The molecular weight excluding hydrogens is 283 g/mol. The fraction of sp³-hybridized carbons (Fsp3) is 0.455. The molecule has 0 saturated carbocycles. The predicted octanol–water partition coefficient (Wildman–Crippen LogP) is 2.02. The van der Waals surface area contributed by atoms with Gasteiger partial charge in [-0.1, -0.05) is 6.07 Å². The molecule has 0 unspecified atom stereocenters. The van der Waals surface area contributed by atoms with Crippen LogP contribution in [0.25, 0.3) is 0 Å². The molecule has 0 bridgehead atoms. The Kier molecular flexibility index (Phi) is 5.33. The lowest BCUT2D eigenvalue weighted by Gasteiger charge is -2.10. The molecule has 1 aromatic carbocycles. The molecule has 0 saturated heterocycles. The normalized spacial score (nSPS) is 12.6. The zero-order valence-corrected chi connectivity index (χ0v) is 11.0. The van der Waals surface area contributed by atoms with Gasteiger partial charge in [0.05, 0.1) is 10.5 Å². The van der Waals surface area contributed by atoms with Gasteiger partial charge in [-0.25, -0.2) is 13.1 Å². The number of halogens is 3. The number of alkyl halides is 3.